The van der Waals surface area contributed by atoms with Crippen LogP contribution in [0.2, 0.25) is 0 Å². The third kappa shape index (κ3) is 1.00. The molecule has 62 valence electrons. The molecule has 12 heavy (non-hydrogen) atoms. The average Bonchev–Trinajstić information content (AvgIpc) is 2.42. The molecule has 1 aliphatic carbocycles. The second kappa shape index (κ2) is 2.66. The number of ketones is 1. The summed E-state index contributed by atoms with van der Waals surface area (Å²) in [6, 6.07) is 2.97. The normalized spacial score (nSPS) is 15.0. The minimum absolute atomic E-state index is 0.0798. The van der Waals surface area contributed by atoms with E-state index in [0.717, 1.165) is 10.0 Å². The van der Waals surface area contributed by atoms with Crippen LogP contribution >= 0.6 is 15.9 Å². The number of benzene rings is 1. The second-order valence-electron chi connectivity index (χ2n) is 2.81. The SMILES string of the molecule is O=C1CCc2c(Br)ccc(F)c21. The van der Waals surface area contributed by atoms with Crippen molar-refractivity contribution in [1.29, 1.82) is 0 Å². The molecule has 0 heterocycles. The molecule has 0 bridgehead atoms. The highest BCUT2D eigenvalue weighted by atomic mass is 79.9. The molecule has 0 aliphatic heterocycles. The van der Waals surface area contributed by atoms with Gasteiger partial charge < -0.3 is 0 Å². The number of halogens is 2. The Balaban J connectivity index is 2.72. The maximum atomic E-state index is 13.1. The lowest BCUT2D eigenvalue weighted by Crippen LogP contribution is -1.96. The molecular weight excluding hydrogens is 223 g/mol. The summed E-state index contributed by atoms with van der Waals surface area (Å²) in [6.07, 6.45) is 1.10. The van der Waals surface area contributed by atoms with Gasteiger partial charge in [-0.1, -0.05) is 15.9 Å². The topological polar surface area (TPSA) is 17.1 Å². The zero-order valence-corrected chi connectivity index (χ0v) is 7.82. The second-order valence-corrected chi connectivity index (χ2v) is 3.66. The van der Waals surface area contributed by atoms with Crippen molar-refractivity contribution in [2.24, 2.45) is 0 Å². The Bertz CT molecular complexity index is 360. The number of hydrogen-bond donors (Lipinski definition) is 0. The molecule has 0 amide bonds. The van der Waals surface area contributed by atoms with Crippen LogP contribution in [-0.4, -0.2) is 5.78 Å². The van der Waals surface area contributed by atoms with Gasteiger partial charge in [0.1, 0.15) is 5.82 Å². The molecular formula is C9H6BrFO. The molecule has 3 heteroatoms. The summed E-state index contributed by atoms with van der Waals surface area (Å²) < 4.78 is 13.9. The lowest BCUT2D eigenvalue weighted by molar-refractivity contribution is 0.0991. The Kier molecular flexibility index (Phi) is 1.76. The number of Topliss-reactive ketones (excluding diaryl/α,β-unsaturated/α-hetero) is 1. The van der Waals surface area contributed by atoms with Crippen molar-refractivity contribution < 1.29 is 9.18 Å². The van der Waals surface area contributed by atoms with Crippen LogP contribution in [0.25, 0.3) is 0 Å². The molecule has 0 spiro atoms. The fraction of sp³-hybridized carbons (Fsp3) is 0.222. The lowest BCUT2D eigenvalue weighted by atomic mass is 10.1. The first-order valence-corrected chi connectivity index (χ1v) is 4.49. The highest BCUT2D eigenvalue weighted by Gasteiger charge is 2.24. The first-order valence-electron chi connectivity index (χ1n) is 3.70. The number of fused-ring (bicyclic) bond motifs is 1. The van der Waals surface area contributed by atoms with Crippen LogP contribution in [0.5, 0.6) is 0 Å². The highest BCUT2D eigenvalue weighted by molar-refractivity contribution is 9.10. The highest BCUT2D eigenvalue weighted by Crippen LogP contribution is 2.30. The van der Waals surface area contributed by atoms with Gasteiger partial charge in [0.15, 0.2) is 5.78 Å². The van der Waals surface area contributed by atoms with Crippen molar-refractivity contribution in [2.45, 2.75) is 12.8 Å². The predicted octanol–water partition coefficient (Wildman–Crippen LogP) is 2.72. The Morgan fingerprint density at radius 2 is 2.08 bits per heavy atom. The average molecular weight is 229 g/mol. The van der Waals surface area contributed by atoms with Crippen LogP contribution in [0.3, 0.4) is 0 Å². The Labute approximate surface area is 77.7 Å². The molecule has 1 aromatic rings. The largest absolute Gasteiger partial charge is 0.294 e. The van der Waals surface area contributed by atoms with Crippen molar-refractivity contribution in [3.63, 3.8) is 0 Å². The zero-order chi connectivity index (χ0) is 8.72. The first-order chi connectivity index (χ1) is 5.70. The summed E-state index contributed by atoms with van der Waals surface area (Å²) in [7, 11) is 0. The predicted molar refractivity (Wildman–Crippen MR) is 46.8 cm³/mol. The van der Waals surface area contributed by atoms with Gasteiger partial charge in [-0.25, -0.2) is 4.39 Å². The molecule has 0 saturated heterocycles. The van der Waals surface area contributed by atoms with Gasteiger partial charge in [-0.05, 0) is 24.1 Å². The quantitative estimate of drug-likeness (QED) is 0.668. The van der Waals surface area contributed by atoms with Crippen molar-refractivity contribution >= 4 is 21.7 Å². The Morgan fingerprint density at radius 1 is 1.33 bits per heavy atom. The van der Waals surface area contributed by atoms with E-state index in [-0.39, 0.29) is 11.3 Å². The molecule has 2 rings (SSSR count). The summed E-state index contributed by atoms with van der Waals surface area (Å²) in [5.74, 6) is -0.473. The van der Waals surface area contributed by atoms with Crippen LogP contribution in [0.4, 0.5) is 4.39 Å². The molecule has 0 aromatic heterocycles. The molecule has 1 nitrogen and oxygen atoms in total. The van der Waals surface area contributed by atoms with Gasteiger partial charge >= 0.3 is 0 Å². The van der Waals surface area contributed by atoms with E-state index in [2.05, 4.69) is 15.9 Å². The van der Waals surface area contributed by atoms with Gasteiger partial charge in [0.2, 0.25) is 0 Å². The third-order valence-electron chi connectivity index (χ3n) is 2.09. The van der Waals surface area contributed by atoms with E-state index in [4.69, 9.17) is 0 Å². The molecule has 0 fully saturated rings. The first kappa shape index (κ1) is 7.92. The lowest BCUT2D eigenvalue weighted by Gasteiger charge is -2.00. The van der Waals surface area contributed by atoms with Gasteiger partial charge in [-0.2, -0.15) is 0 Å². The van der Waals surface area contributed by atoms with E-state index in [9.17, 15) is 9.18 Å². The van der Waals surface area contributed by atoms with E-state index < -0.39 is 5.82 Å². The number of carbonyl (C=O) groups is 1. The van der Waals surface area contributed by atoms with Crippen LogP contribution in [0.15, 0.2) is 16.6 Å². The van der Waals surface area contributed by atoms with E-state index in [1.165, 1.54) is 6.07 Å². The maximum Gasteiger partial charge on any atom is 0.166 e. The van der Waals surface area contributed by atoms with Crippen LogP contribution in [0.1, 0.15) is 22.3 Å². The zero-order valence-electron chi connectivity index (χ0n) is 6.23. The van der Waals surface area contributed by atoms with Gasteiger partial charge in [0.05, 0.1) is 5.56 Å². The van der Waals surface area contributed by atoms with Crippen LogP contribution in [0, 0.1) is 5.82 Å². The van der Waals surface area contributed by atoms with Crippen molar-refractivity contribution in [2.75, 3.05) is 0 Å². The molecule has 0 saturated carbocycles. The summed E-state index contributed by atoms with van der Waals surface area (Å²) in [5, 5.41) is 0. The van der Waals surface area contributed by atoms with E-state index in [1.807, 2.05) is 0 Å². The Hall–Kier alpha value is -0.700. The minimum Gasteiger partial charge on any atom is -0.294 e. The van der Waals surface area contributed by atoms with Gasteiger partial charge in [0, 0.05) is 10.9 Å². The molecule has 0 unspecified atom stereocenters. The standard InChI is InChI=1S/C9H6BrFO/c10-6-2-3-7(11)9-5(6)1-4-8(9)12/h2-3H,1,4H2. The molecule has 0 radical (unpaired) electrons. The van der Waals surface area contributed by atoms with Gasteiger partial charge in [-0.15, -0.1) is 0 Å². The van der Waals surface area contributed by atoms with E-state index in [0.29, 0.717) is 12.8 Å². The summed E-state index contributed by atoms with van der Waals surface area (Å²) in [4.78, 5) is 11.2. The minimum atomic E-state index is -0.393. The summed E-state index contributed by atoms with van der Waals surface area (Å²) >= 11 is 3.29. The summed E-state index contributed by atoms with van der Waals surface area (Å²) in [6.45, 7) is 0. The molecule has 1 aromatic carbocycles. The summed E-state index contributed by atoms with van der Waals surface area (Å²) in [5.41, 5.74) is 1.10. The van der Waals surface area contributed by atoms with Gasteiger partial charge in [0.25, 0.3) is 0 Å². The number of hydrogen-bond acceptors (Lipinski definition) is 1. The smallest absolute Gasteiger partial charge is 0.166 e. The molecule has 0 N–H and O–H groups in total. The third-order valence-corrected chi connectivity index (χ3v) is 2.83. The van der Waals surface area contributed by atoms with Crippen LogP contribution in [-0.2, 0) is 6.42 Å². The number of carbonyl (C=O) groups excluding carboxylic acids is 1. The molecule has 0 atom stereocenters. The fourth-order valence-electron chi connectivity index (χ4n) is 1.50. The van der Waals surface area contributed by atoms with E-state index in [1.54, 1.807) is 6.07 Å². The van der Waals surface area contributed by atoms with Crippen molar-refractivity contribution in [3.05, 3.63) is 33.5 Å². The maximum absolute atomic E-state index is 13.1. The van der Waals surface area contributed by atoms with Crippen molar-refractivity contribution in [1.82, 2.24) is 0 Å². The van der Waals surface area contributed by atoms with Crippen LogP contribution < -0.4 is 0 Å². The monoisotopic (exact) mass is 228 g/mol. The van der Waals surface area contributed by atoms with E-state index >= 15 is 0 Å². The fourth-order valence-corrected chi connectivity index (χ4v) is 2.03. The van der Waals surface area contributed by atoms with Crippen molar-refractivity contribution in [3.8, 4) is 0 Å². The number of rotatable bonds is 0. The van der Waals surface area contributed by atoms with Gasteiger partial charge in [-0.3, -0.25) is 4.79 Å². The Morgan fingerprint density at radius 3 is 2.75 bits per heavy atom. The molecule has 1 aliphatic rings.